The van der Waals surface area contributed by atoms with Gasteiger partial charge in [0.05, 0.1) is 24.4 Å². The molecule has 1 saturated carbocycles. The molecule has 2 N–H and O–H groups in total. The zero-order valence-electron chi connectivity index (χ0n) is 17.8. The molecule has 1 aliphatic heterocycles. The highest BCUT2D eigenvalue weighted by molar-refractivity contribution is 6.31. The lowest BCUT2D eigenvalue weighted by Crippen LogP contribution is -2.43. The molecule has 11 heteroatoms. The average Bonchev–Trinajstić information content (AvgIpc) is 3.30. The second-order valence-electron chi connectivity index (χ2n) is 8.19. The molecule has 1 amide bonds. The van der Waals surface area contributed by atoms with Crippen LogP contribution in [-0.2, 0) is 9.53 Å². The van der Waals surface area contributed by atoms with E-state index in [0.29, 0.717) is 54.8 Å². The van der Waals surface area contributed by atoms with E-state index in [2.05, 4.69) is 30.6 Å². The van der Waals surface area contributed by atoms with Crippen LogP contribution in [-0.4, -0.2) is 63.1 Å². The predicted molar refractivity (Wildman–Crippen MR) is 122 cm³/mol. The van der Waals surface area contributed by atoms with Crippen LogP contribution >= 0.6 is 11.6 Å². The molecule has 1 aromatic carbocycles. The van der Waals surface area contributed by atoms with Crippen LogP contribution in [0.25, 0.3) is 11.0 Å². The Balaban J connectivity index is 1.29. The number of carbonyl (C=O) groups excluding carboxylic acids is 1. The van der Waals surface area contributed by atoms with Gasteiger partial charge in [-0.2, -0.15) is 0 Å². The summed E-state index contributed by atoms with van der Waals surface area (Å²) in [4.78, 5) is 32.2. The van der Waals surface area contributed by atoms with Gasteiger partial charge < -0.3 is 20.3 Å². The highest BCUT2D eigenvalue weighted by Gasteiger charge is 2.33. The van der Waals surface area contributed by atoms with Gasteiger partial charge >= 0.3 is 0 Å². The van der Waals surface area contributed by atoms with Crippen molar-refractivity contribution in [1.82, 2.24) is 24.8 Å². The van der Waals surface area contributed by atoms with Gasteiger partial charge in [0.2, 0.25) is 11.9 Å². The number of fused-ring (bicyclic) bond motifs is 1. The van der Waals surface area contributed by atoms with Gasteiger partial charge in [0.15, 0.2) is 5.82 Å². The molecule has 5 rings (SSSR count). The van der Waals surface area contributed by atoms with Gasteiger partial charge in [-0.25, -0.2) is 24.3 Å². The van der Waals surface area contributed by atoms with E-state index in [1.165, 1.54) is 18.5 Å². The Morgan fingerprint density at radius 2 is 2.03 bits per heavy atom. The summed E-state index contributed by atoms with van der Waals surface area (Å²) < 4.78 is 18.8. The molecule has 0 bridgehead atoms. The fourth-order valence-corrected chi connectivity index (χ4v) is 4.47. The number of nitrogens with zero attached hydrogens (tertiary/aromatic N) is 5. The number of hydrogen-bond donors (Lipinski definition) is 2. The molecule has 3 heterocycles. The Morgan fingerprint density at radius 3 is 2.85 bits per heavy atom. The number of morpholine rings is 1. The van der Waals surface area contributed by atoms with Crippen molar-refractivity contribution in [3.8, 4) is 0 Å². The van der Waals surface area contributed by atoms with Crippen LogP contribution in [0.15, 0.2) is 30.7 Å². The van der Waals surface area contributed by atoms with E-state index in [1.807, 2.05) is 4.90 Å². The van der Waals surface area contributed by atoms with E-state index in [-0.39, 0.29) is 22.9 Å². The van der Waals surface area contributed by atoms with Gasteiger partial charge in [0, 0.05) is 30.7 Å². The SMILES string of the molecule is O=C(C1CCC(Nc2ncc3ncnc(Nc4ccc(F)c(Cl)c4)c3n2)C1)N1CCOCC1. The molecule has 3 aromatic rings. The number of halogens is 2. The number of aromatic nitrogens is 4. The Bertz CT molecular complexity index is 1170. The van der Waals surface area contributed by atoms with E-state index >= 15 is 0 Å². The highest BCUT2D eigenvalue weighted by Crippen LogP contribution is 2.30. The van der Waals surface area contributed by atoms with Gasteiger partial charge in [0.25, 0.3) is 0 Å². The highest BCUT2D eigenvalue weighted by atomic mass is 35.5. The summed E-state index contributed by atoms with van der Waals surface area (Å²) in [6, 6.07) is 4.44. The minimum atomic E-state index is -0.495. The number of anilines is 3. The first kappa shape index (κ1) is 21.7. The molecule has 9 nitrogen and oxygen atoms in total. The molecule has 172 valence electrons. The second kappa shape index (κ2) is 9.40. The first-order valence-electron chi connectivity index (χ1n) is 10.9. The summed E-state index contributed by atoms with van der Waals surface area (Å²) in [6.07, 6.45) is 5.48. The molecular formula is C22H23ClFN7O2. The van der Waals surface area contributed by atoms with Crippen LogP contribution < -0.4 is 10.6 Å². The van der Waals surface area contributed by atoms with Gasteiger partial charge in [-0.15, -0.1) is 0 Å². The van der Waals surface area contributed by atoms with Crippen LogP contribution in [0.4, 0.5) is 21.8 Å². The fourth-order valence-electron chi connectivity index (χ4n) is 4.29. The molecule has 33 heavy (non-hydrogen) atoms. The monoisotopic (exact) mass is 471 g/mol. The largest absolute Gasteiger partial charge is 0.378 e. The van der Waals surface area contributed by atoms with E-state index in [9.17, 15) is 9.18 Å². The first-order valence-corrected chi connectivity index (χ1v) is 11.3. The maximum absolute atomic E-state index is 13.5. The lowest BCUT2D eigenvalue weighted by molar-refractivity contribution is -0.139. The number of nitrogens with one attached hydrogen (secondary N) is 2. The van der Waals surface area contributed by atoms with Gasteiger partial charge in [-0.3, -0.25) is 4.79 Å². The Hall–Kier alpha value is -3.11. The van der Waals surface area contributed by atoms with Crippen LogP contribution in [0.1, 0.15) is 19.3 Å². The number of carbonyl (C=O) groups is 1. The normalized spacial score (nSPS) is 20.7. The number of amides is 1. The molecule has 0 radical (unpaired) electrons. The van der Waals surface area contributed by atoms with E-state index in [4.69, 9.17) is 16.3 Å². The molecule has 1 aliphatic carbocycles. The zero-order chi connectivity index (χ0) is 22.8. The van der Waals surface area contributed by atoms with Crippen LogP contribution in [0.3, 0.4) is 0 Å². The average molecular weight is 472 g/mol. The van der Waals surface area contributed by atoms with Gasteiger partial charge in [-0.1, -0.05) is 11.6 Å². The Labute approximate surface area is 194 Å². The summed E-state index contributed by atoms with van der Waals surface area (Å²) in [7, 11) is 0. The number of rotatable bonds is 5. The van der Waals surface area contributed by atoms with Crippen LogP contribution in [0.5, 0.6) is 0 Å². The quantitative estimate of drug-likeness (QED) is 0.583. The summed E-state index contributed by atoms with van der Waals surface area (Å²) in [6.45, 7) is 2.54. The molecule has 2 atom stereocenters. The van der Waals surface area contributed by atoms with Crippen molar-refractivity contribution in [2.45, 2.75) is 25.3 Å². The predicted octanol–water partition coefficient (Wildman–Crippen LogP) is 3.40. The standard InChI is InChI=1S/C22H23ClFN7O2/c23-16-10-15(3-4-17(16)24)28-20-19-18(26-12-27-20)11-25-22(30-19)29-14-2-1-13(9-14)21(32)31-5-7-33-8-6-31/h3-4,10-14H,1-2,5-9H2,(H,25,29,30)(H,26,27,28). The van der Waals surface area contributed by atoms with E-state index in [1.54, 1.807) is 12.3 Å². The van der Waals surface area contributed by atoms with Gasteiger partial charge in [-0.05, 0) is 37.5 Å². The van der Waals surface area contributed by atoms with E-state index in [0.717, 1.165) is 19.3 Å². The fraction of sp³-hybridized carbons (Fsp3) is 0.409. The third-order valence-electron chi connectivity index (χ3n) is 6.00. The van der Waals surface area contributed by atoms with Crippen LogP contribution in [0, 0.1) is 11.7 Å². The van der Waals surface area contributed by atoms with Crippen molar-refractivity contribution in [3.63, 3.8) is 0 Å². The summed E-state index contributed by atoms with van der Waals surface area (Å²) >= 11 is 5.89. The minimum Gasteiger partial charge on any atom is -0.378 e. The molecular weight excluding hydrogens is 449 g/mol. The molecule has 0 spiro atoms. The number of ether oxygens (including phenoxy) is 1. The van der Waals surface area contributed by atoms with E-state index < -0.39 is 5.82 Å². The van der Waals surface area contributed by atoms with Crippen molar-refractivity contribution in [3.05, 3.63) is 41.6 Å². The Kier molecular flexibility index (Phi) is 6.19. The first-order chi connectivity index (χ1) is 16.1. The molecule has 2 aliphatic rings. The summed E-state index contributed by atoms with van der Waals surface area (Å²) in [5.74, 6) is 0.622. The van der Waals surface area contributed by atoms with Crippen molar-refractivity contribution >= 4 is 46.0 Å². The molecule has 2 aromatic heterocycles. The third kappa shape index (κ3) is 4.81. The topological polar surface area (TPSA) is 105 Å². The molecule has 2 unspecified atom stereocenters. The van der Waals surface area contributed by atoms with Crippen molar-refractivity contribution in [2.24, 2.45) is 5.92 Å². The second-order valence-corrected chi connectivity index (χ2v) is 8.60. The van der Waals surface area contributed by atoms with Crippen LogP contribution in [0.2, 0.25) is 5.02 Å². The molecule has 1 saturated heterocycles. The number of hydrogen-bond acceptors (Lipinski definition) is 8. The lowest BCUT2D eigenvalue weighted by atomic mass is 10.1. The summed E-state index contributed by atoms with van der Waals surface area (Å²) in [5.41, 5.74) is 1.67. The smallest absolute Gasteiger partial charge is 0.225 e. The van der Waals surface area contributed by atoms with Gasteiger partial charge in [0.1, 0.15) is 23.2 Å². The van der Waals surface area contributed by atoms with Crippen molar-refractivity contribution in [2.75, 3.05) is 36.9 Å². The lowest BCUT2D eigenvalue weighted by Gasteiger charge is -2.29. The van der Waals surface area contributed by atoms with Crippen molar-refractivity contribution in [1.29, 1.82) is 0 Å². The molecule has 2 fully saturated rings. The zero-order valence-corrected chi connectivity index (χ0v) is 18.6. The maximum atomic E-state index is 13.5. The van der Waals surface area contributed by atoms with Crippen molar-refractivity contribution < 1.29 is 13.9 Å². The minimum absolute atomic E-state index is 0.00448. The summed E-state index contributed by atoms with van der Waals surface area (Å²) in [5, 5.41) is 6.48. The Morgan fingerprint density at radius 1 is 1.18 bits per heavy atom. The number of benzene rings is 1. The maximum Gasteiger partial charge on any atom is 0.225 e. The third-order valence-corrected chi connectivity index (χ3v) is 6.29.